The van der Waals surface area contributed by atoms with Crippen molar-refractivity contribution in [3.05, 3.63) is 52.4 Å². The molecule has 0 saturated heterocycles. The number of rotatable bonds is 6. The minimum atomic E-state index is -0.458. The Morgan fingerprint density at radius 1 is 1.48 bits per heavy atom. The summed E-state index contributed by atoms with van der Waals surface area (Å²) >= 11 is 6.48. The standard InChI is InChI=1S/C14H14N8OS2/c1-2-5-22-9(20-21-14(22)24)6-8-7-25-13(18-8)19-12(23)10-11(15)17-4-3-16-10/h2-4,7H,1,5-6H2,(H2,15,17)(H,21,24)(H,18,19,23). The van der Waals surface area contributed by atoms with Crippen LogP contribution in [0, 0.1) is 4.77 Å². The summed E-state index contributed by atoms with van der Waals surface area (Å²) in [5.41, 5.74) is 6.46. The Balaban J connectivity index is 1.73. The van der Waals surface area contributed by atoms with Crippen LogP contribution in [0.5, 0.6) is 0 Å². The molecule has 25 heavy (non-hydrogen) atoms. The van der Waals surface area contributed by atoms with Crippen molar-refractivity contribution in [1.82, 2.24) is 29.7 Å². The van der Waals surface area contributed by atoms with E-state index in [0.717, 1.165) is 11.5 Å². The van der Waals surface area contributed by atoms with Gasteiger partial charge in [-0.25, -0.2) is 15.0 Å². The van der Waals surface area contributed by atoms with E-state index < -0.39 is 5.91 Å². The summed E-state index contributed by atoms with van der Waals surface area (Å²) in [5.74, 6) is 0.351. The minimum absolute atomic E-state index is 0.0612. The first-order valence-electron chi connectivity index (χ1n) is 7.15. The van der Waals surface area contributed by atoms with Crippen LogP contribution in [-0.4, -0.2) is 35.6 Å². The normalized spacial score (nSPS) is 10.6. The summed E-state index contributed by atoms with van der Waals surface area (Å²) in [7, 11) is 0. The number of nitrogen functional groups attached to an aromatic ring is 1. The van der Waals surface area contributed by atoms with Crippen LogP contribution in [0.25, 0.3) is 0 Å². The summed E-state index contributed by atoms with van der Waals surface area (Å²) in [4.78, 5) is 24.3. The number of hydrogen-bond donors (Lipinski definition) is 3. The molecule has 0 saturated carbocycles. The lowest BCUT2D eigenvalue weighted by molar-refractivity contribution is 0.102. The van der Waals surface area contributed by atoms with Crippen LogP contribution in [0.2, 0.25) is 0 Å². The van der Waals surface area contributed by atoms with Crippen LogP contribution < -0.4 is 11.1 Å². The van der Waals surface area contributed by atoms with E-state index in [9.17, 15) is 4.79 Å². The quantitative estimate of drug-likeness (QED) is 0.443. The molecular weight excluding hydrogens is 360 g/mol. The van der Waals surface area contributed by atoms with Gasteiger partial charge >= 0.3 is 0 Å². The zero-order chi connectivity index (χ0) is 17.8. The largest absolute Gasteiger partial charge is 0.382 e. The number of carbonyl (C=O) groups is 1. The van der Waals surface area contributed by atoms with Crippen LogP contribution in [-0.2, 0) is 13.0 Å². The first-order chi connectivity index (χ1) is 12.1. The molecule has 3 aromatic heterocycles. The smallest absolute Gasteiger partial charge is 0.279 e. The maximum atomic E-state index is 12.2. The predicted molar refractivity (Wildman–Crippen MR) is 96.9 cm³/mol. The molecule has 3 heterocycles. The number of nitrogens with zero attached hydrogens (tertiary/aromatic N) is 5. The summed E-state index contributed by atoms with van der Waals surface area (Å²) in [6, 6.07) is 0. The van der Waals surface area contributed by atoms with Crippen molar-refractivity contribution in [1.29, 1.82) is 0 Å². The SMILES string of the molecule is C=CCn1c(Cc2csc(NC(=O)c3nccnc3N)n2)n[nH]c1=S. The summed E-state index contributed by atoms with van der Waals surface area (Å²) < 4.78 is 2.36. The van der Waals surface area contributed by atoms with E-state index in [1.54, 1.807) is 6.08 Å². The molecule has 1 amide bonds. The number of carbonyl (C=O) groups excluding carboxylic acids is 1. The fourth-order valence-corrected chi connectivity index (χ4v) is 3.02. The molecule has 9 nitrogen and oxygen atoms in total. The Hall–Kier alpha value is -2.92. The van der Waals surface area contributed by atoms with Gasteiger partial charge in [-0.15, -0.1) is 17.9 Å². The predicted octanol–water partition coefficient (Wildman–Crippen LogP) is 1.80. The first-order valence-corrected chi connectivity index (χ1v) is 8.44. The van der Waals surface area contributed by atoms with E-state index in [1.165, 1.54) is 23.7 Å². The average Bonchev–Trinajstić information content (AvgIpc) is 3.17. The van der Waals surface area contributed by atoms with Gasteiger partial charge in [0.1, 0.15) is 5.82 Å². The molecule has 11 heteroatoms. The molecule has 4 N–H and O–H groups in total. The second kappa shape index (κ2) is 7.32. The van der Waals surface area contributed by atoms with Crippen LogP contribution in [0.4, 0.5) is 10.9 Å². The van der Waals surface area contributed by atoms with E-state index in [4.69, 9.17) is 18.0 Å². The van der Waals surface area contributed by atoms with Gasteiger partial charge in [0.2, 0.25) is 0 Å². The third kappa shape index (κ3) is 3.78. The van der Waals surface area contributed by atoms with Crippen LogP contribution in [0.3, 0.4) is 0 Å². The molecule has 0 spiro atoms. The highest BCUT2D eigenvalue weighted by atomic mass is 32.1. The van der Waals surface area contributed by atoms with Gasteiger partial charge in [0.25, 0.3) is 5.91 Å². The molecule has 0 radical (unpaired) electrons. The van der Waals surface area contributed by atoms with Gasteiger partial charge in [-0.2, -0.15) is 5.10 Å². The van der Waals surface area contributed by atoms with E-state index in [-0.39, 0.29) is 11.5 Å². The number of H-pyrrole nitrogens is 1. The van der Waals surface area contributed by atoms with Gasteiger partial charge in [-0.3, -0.25) is 19.8 Å². The third-order valence-corrected chi connectivity index (χ3v) is 4.32. The zero-order valence-electron chi connectivity index (χ0n) is 13.0. The van der Waals surface area contributed by atoms with Crippen molar-refractivity contribution >= 4 is 40.4 Å². The number of allylic oxidation sites excluding steroid dienone is 1. The highest BCUT2D eigenvalue weighted by molar-refractivity contribution is 7.71. The Bertz CT molecular complexity index is 973. The van der Waals surface area contributed by atoms with Crippen molar-refractivity contribution in [2.45, 2.75) is 13.0 Å². The molecule has 128 valence electrons. The lowest BCUT2D eigenvalue weighted by Crippen LogP contribution is -2.16. The number of amides is 1. The Morgan fingerprint density at radius 3 is 3.04 bits per heavy atom. The van der Waals surface area contributed by atoms with Crippen molar-refractivity contribution < 1.29 is 4.79 Å². The van der Waals surface area contributed by atoms with Gasteiger partial charge in [0.05, 0.1) is 12.1 Å². The van der Waals surface area contributed by atoms with Crippen LogP contribution in [0.15, 0.2) is 30.4 Å². The van der Waals surface area contributed by atoms with Gasteiger partial charge in [-0.1, -0.05) is 6.08 Å². The molecule has 0 aliphatic carbocycles. The Kier molecular flexibility index (Phi) is 4.95. The average molecular weight is 374 g/mol. The Morgan fingerprint density at radius 2 is 2.28 bits per heavy atom. The molecule has 0 bridgehead atoms. The monoisotopic (exact) mass is 374 g/mol. The number of aromatic amines is 1. The maximum absolute atomic E-state index is 12.2. The second-order valence-electron chi connectivity index (χ2n) is 4.91. The van der Waals surface area contributed by atoms with Gasteiger partial charge in [0.15, 0.2) is 21.4 Å². The van der Waals surface area contributed by atoms with E-state index in [2.05, 4.69) is 37.0 Å². The molecule has 0 aliphatic rings. The van der Waals surface area contributed by atoms with Crippen molar-refractivity contribution in [3.63, 3.8) is 0 Å². The number of nitrogens with one attached hydrogen (secondary N) is 2. The summed E-state index contributed by atoms with van der Waals surface area (Å²) in [6.45, 7) is 4.27. The molecule has 0 aromatic carbocycles. The van der Waals surface area contributed by atoms with E-state index in [0.29, 0.717) is 22.9 Å². The van der Waals surface area contributed by atoms with Gasteiger partial charge < -0.3 is 5.73 Å². The summed E-state index contributed by atoms with van der Waals surface area (Å²) in [6.07, 6.45) is 5.04. The molecule has 3 aromatic rings. The topological polar surface area (TPSA) is 127 Å². The zero-order valence-corrected chi connectivity index (χ0v) is 14.6. The summed E-state index contributed by atoms with van der Waals surface area (Å²) in [5, 5.41) is 11.9. The van der Waals surface area contributed by atoms with Gasteiger partial charge in [-0.05, 0) is 12.2 Å². The lowest BCUT2D eigenvalue weighted by atomic mass is 10.3. The van der Waals surface area contributed by atoms with E-state index >= 15 is 0 Å². The fraction of sp³-hybridized carbons (Fsp3) is 0.143. The number of aromatic nitrogens is 6. The van der Waals surface area contributed by atoms with Gasteiger partial charge in [0, 0.05) is 24.3 Å². The number of nitrogens with two attached hydrogens (primary N) is 1. The van der Waals surface area contributed by atoms with Crippen LogP contribution in [0.1, 0.15) is 22.0 Å². The first kappa shape index (κ1) is 16.9. The molecule has 0 aliphatic heterocycles. The maximum Gasteiger partial charge on any atom is 0.279 e. The molecule has 0 atom stereocenters. The van der Waals surface area contributed by atoms with Crippen molar-refractivity contribution in [2.75, 3.05) is 11.1 Å². The van der Waals surface area contributed by atoms with Crippen molar-refractivity contribution in [2.24, 2.45) is 0 Å². The van der Waals surface area contributed by atoms with E-state index in [1.807, 2.05) is 9.95 Å². The second-order valence-corrected chi connectivity index (χ2v) is 6.15. The van der Waals surface area contributed by atoms with Crippen LogP contribution >= 0.6 is 23.6 Å². The number of hydrogen-bond acceptors (Lipinski definition) is 8. The number of thiazole rings is 1. The molecular formula is C14H14N8OS2. The number of anilines is 2. The third-order valence-electron chi connectivity index (χ3n) is 3.20. The Labute approximate surface area is 151 Å². The minimum Gasteiger partial charge on any atom is -0.382 e. The molecule has 0 fully saturated rings. The highest BCUT2D eigenvalue weighted by Crippen LogP contribution is 2.19. The lowest BCUT2D eigenvalue weighted by Gasteiger charge is -2.03. The molecule has 0 unspecified atom stereocenters. The fourth-order valence-electron chi connectivity index (χ4n) is 2.09. The van der Waals surface area contributed by atoms with Crippen molar-refractivity contribution in [3.8, 4) is 0 Å². The molecule has 3 rings (SSSR count). The highest BCUT2D eigenvalue weighted by Gasteiger charge is 2.15.